The van der Waals surface area contributed by atoms with Crippen molar-refractivity contribution in [2.24, 2.45) is 17.8 Å². The van der Waals surface area contributed by atoms with Crippen LogP contribution in [0.5, 0.6) is 0 Å². The number of amides is 3. The van der Waals surface area contributed by atoms with Gasteiger partial charge in [-0.15, -0.1) is 11.3 Å². The molecular weight excluding hydrogens is 667 g/mol. The summed E-state index contributed by atoms with van der Waals surface area (Å²) >= 11 is 1.25. The van der Waals surface area contributed by atoms with Crippen LogP contribution >= 0.6 is 11.3 Å². The molecule has 4 atom stereocenters. The maximum absolute atomic E-state index is 14.2. The van der Waals surface area contributed by atoms with Crippen LogP contribution in [0, 0.1) is 17.8 Å². The van der Waals surface area contributed by atoms with Crippen molar-refractivity contribution in [1.82, 2.24) is 30.1 Å². The second kappa shape index (κ2) is 20.2. The largest absolute Gasteiger partial charge is 0.390 e. The molecule has 3 amide bonds. The van der Waals surface area contributed by atoms with E-state index >= 15 is 0 Å². The van der Waals surface area contributed by atoms with Crippen LogP contribution in [0.1, 0.15) is 82.3 Å². The average molecular weight is 722 g/mol. The molecule has 0 aliphatic heterocycles. The van der Waals surface area contributed by atoms with Gasteiger partial charge in [-0.2, -0.15) is 0 Å². The highest BCUT2D eigenvalue weighted by atomic mass is 32.1. The third-order valence-corrected chi connectivity index (χ3v) is 10.3. The summed E-state index contributed by atoms with van der Waals surface area (Å²) < 4.78 is 0. The molecule has 0 radical (unpaired) electrons. The Morgan fingerprint density at radius 1 is 0.980 bits per heavy atom. The van der Waals surface area contributed by atoms with Gasteiger partial charge in [-0.05, 0) is 48.9 Å². The second-order valence-corrected chi connectivity index (χ2v) is 15.2. The van der Waals surface area contributed by atoms with E-state index in [-0.39, 0.29) is 43.7 Å². The predicted molar refractivity (Wildman–Crippen MR) is 198 cm³/mol. The molecule has 3 aromatic rings. The summed E-state index contributed by atoms with van der Waals surface area (Å²) in [6.07, 6.45) is 7.99. The van der Waals surface area contributed by atoms with Gasteiger partial charge in [0.2, 0.25) is 17.7 Å². The number of carbonyl (C=O) groups is 3. The zero-order chi connectivity index (χ0) is 36.8. The Labute approximate surface area is 305 Å². The van der Waals surface area contributed by atoms with Gasteiger partial charge in [0, 0.05) is 56.3 Å². The minimum atomic E-state index is -1.16. The van der Waals surface area contributed by atoms with E-state index in [0.717, 1.165) is 31.4 Å². The second-order valence-electron chi connectivity index (χ2n) is 14.3. The minimum absolute atomic E-state index is 0.0852. The zero-order valence-electron chi connectivity index (χ0n) is 30.2. The molecule has 12 nitrogen and oxygen atoms in total. The lowest BCUT2D eigenvalue weighted by atomic mass is 9.82. The lowest BCUT2D eigenvalue weighted by Crippen LogP contribution is -2.52. The van der Waals surface area contributed by atoms with Crippen molar-refractivity contribution in [3.63, 3.8) is 0 Å². The number of aliphatic hydroxyl groups is 2. The zero-order valence-corrected chi connectivity index (χ0v) is 31.0. The smallest absolute Gasteiger partial charge is 0.241 e. The summed E-state index contributed by atoms with van der Waals surface area (Å²) in [4.78, 5) is 57.9. The van der Waals surface area contributed by atoms with Gasteiger partial charge in [-0.25, -0.2) is 4.98 Å². The van der Waals surface area contributed by atoms with Crippen molar-refractivity contribution in [3.05, 3.63) is 71.3 Å². The van der Waals surface area contributed by atoms with Crippen molar-refractivity contribution < 1.29 is 24.6 Å². The van der Waals surface area contributed by atoms with Crippen molar-refractivity contribution in [2.45, 2.75) is 103 Å². The molecule has 4 rings (SSSR count). The third-order valence-electron chi connectivity index (χ3n) is 9.59. The molecule has 5 N–H and O–H groups in total. The summed E-state index contributed by atoms with van der Waals surface area (Å²) in [6, 6.07) is 10.3. The number of pyridine rings is 2. The number of aliphatic hydroxyl groups excluding tert-OH is 2. The molecule has 1 aliphatic rings. The summed E-state index contributed by atoms with van der Waals surface area (Å²) in [5.74, 6) is -1.45. The number of nitrogens with one attached hydrogen (secondary N) is 1. The Hall–Kier alpha value is -3.94. The molecule has 3 heterocycles. The number of aromatic nitrogens is 3. The van der Waals surface area contributed by atoms with Gasteiger partial charge in [0.15, 0.2) is 5.13 Å². The molecule has 1 saturated carbocycles. The van der Waals surface area contributed by atoms with Gasteiger partial charge < -0.3 is 31.1 Å². The molecule has 1 aliphatic carbocycles. The van der Waals surface area contributed by atoms with Gasteiger partial charge in [-0.1, -0.05) is 58.1 Å². The maximum atomic E-state index is 14.2. The molecule has 0 saturated heterocycles. The first-order valence-electron chi connectivity index (χ1n) is 18.2. The van der Waals surface area contributed by atoms with Crippen LogP contribution in [-0.4, -0.2) is 91.1 Å². The molecule has 3 aromatic heterocycles. The summed E-state index contributed by atoms with van der Waals surface area (Å²) in [6.45, 7) is 4.26. The van der Waals surface area contributed by atoms with Crippen LogP contribution in [0.4, 0.5) is 5.13 Å². The number of carbonyl (C=O) groups excluding carboxylic acids is 3. The highest BCUT2D eigenvalue weighted by molar-refractivity contribution is 7.13. The topological polar surface area (TPSA) is 175 Å². The van der Waals surface area contributed by atoms with Gasteiger partial charge in [0.1, 0.15) is 12.6 Å². The number of hydrogen-bond donors (Lipinski definition) is 4. The van der Waals surface area contributed by atoms with Crippen LogP contribution in [0.15, 0.2) is 54.2 Å². The van der Waals surface area contributed by atoms with E-state index in [1.165, 1.54) is 22.7 Å². The fourth-order valence-corrected chi connectivity index (χ4v) is 7.26. The van der Waals surface area contributed by atoms with Gasteiger partial charge in [-0.3, -0.25) is 24.4 Å². The number of nitrogens with two attached hydrogens (primary N) is 1. The van der Waals surface area contributed by atoms with Crippen LogP contribution in [0.25, 0.3) is 0 Å². The van der Waals surface area contributed by atoms with Crippen molar-refractivity contribution >= 4 is 34.2 Å². The molecule has 0 bridgehead atoms. The Kier molecular flexibility index (Phi) is 15.8. The summed E-state index contributed by atoms with van der Waals surface area (Å²) in [7, 11) is 1.70. The summed E-state index contributed by atoms with van der Waals surface area (Å²) in [5, 5.41) is 27.5. The normalized spacial score (nSPS) is 15.9. The molecule has 51 heavy (non-hydrogen) atoms. The fourth-order valence-electron chi connectivity index (χ4n) is 6.68. The van der Waals surface area contributed by atoms with E-state index in [1.807, 2.05) is 38.1 Å². The number of anilines is 1. The molecule has 1 fully saturated rings. The first-order valence-corrected chi connectivity index (χ1v) is 19.0. The van der Waals surface area contributed by atoms with Crippen molar-refractivity contribution in [2.75, 3.05) is 25.9 Å². The fraction of sp³-hybridized carbons (Fsp3) is 0.579. The Morgan fingerprint density at radius 2 is 1.67 bits per heavy atom. The Bertz CT molecular complexity index is 1500. The number of hydrogen-bond acceptors (Lipinski definition) is 10. The molecule has 13 heteroatoms. The van der Waals surface area contributed by atoms with E-state index in [4.69, 9.17) is 5.73 Å². The first-order chi connectivity index (χ1) is 24.5. The highest BCUT2D eigenvalue weighted by Crippen LogP contribution is 2.29. The predicted octanol–water partition coefficient (Wildman–Crippen LogP) is 4.02. The molecular formula is C38H55N7O5S. The number of nitrogens with zero attached hydrogens (tertiary/aromatic N) is 5. The average Bonchev–Trinajstić information content (AvgIpc) is 3.54. The number of rotatable bonds is 19. The Morgan fingerprint density at radius 3 is 2.27 bits per heavy atom. The highest BCUT2D eigenvalue weighted by Gasteiger charge is 2.34. The lowest BCUT2D eigenvalue weighted by Gasteiger charge is -2.33. The van der Waals surface area contributed by atoms with E-state index in [1.54, 1.807) is 41.9 Å². The van der Waals surface area contributed by atoms with Crippen LogP contribution in [0.2, 0.25) is 0 Å². The van der Waals surface area contributed by atoms with Gasteiger partial charge >= 0.3 is 0 Å². The van der Waals surface area contributed by atoms with E-state index in [9.17, 15) is 24.6 Å². The third kappa shape index (κ3) is 13.3. The molecule has 0 unspecified atom stereocenters. The quantitative estimate of drug-likeness (QED) is 0.143. The number of thiazole rings is 1. The van der Waals surface area contributed by atoms with Crippen LogP contribution in [-0.2, 0) is 33.8 Å². The Balaban J connectivity index is 1.54. The van der Waals surface area contributed by atoms with Crippen molar-refractivity contribution in [1.29, 1.82) is 0 Å². The molecule has 278 valence electrons. The monoisotopic (exact) mass is 721 g/mol. The molecule has 0 spiro atoms. The standard InChI is InChI=1S/C38H55N7O5S/c1-26(2)19-33(46)36(49)32(20-27-11-5-4-6-12-27)43-37(50)28(21-31-25-51-38(39)42-31)22-34(47)45(23-30-14-8-10-17-41-30)24-35(48)44(3)18-15-29-13-7-9-16-40-29/h7-10,13-14,16-17,25-28,32-33,36,46,49H,4-6,11-12,15,18-24H2,1-3H3,(H2,39,42)(H,43,50)/t28-,32+,33+,36-/m1/s1. The van der Waals surface area contributed by atoms with Crippen LogP contribution < -0.4 is 11.1 Å². The van der Waals surface area contributed by atoms with Gasteiger partial charge in [0.25, 0.3) is 0 Å². The minimum Gasteiger partial charge on any atom is -0.390 e. The summed E-state index contributed by atoms with van der Waals surface area (Å²) in [5.41, 5.74) is 7.98. The van der Waals surface area contributed by atoms with Crippen LogP contribution in [0.3, 0.4) is 0 Å². The lowest BCUT2D eigenvalue weighted by molar-refractivity contribution is -0.142. The molecule has 0 aromatic carbocycles. The van der Waals surface area contributed by atoms with E-state index in [2.05, 4.69) is 20.3 Å². The van der Waals surface area contributed by atoms with Crippen molar-refractivity contribution in [3.8, 4) is 0 Å². The first kappa shape index (κ1) is 39.8. The maximum Gasteiger partial charge on any atom is 0.241 e. The SMILES string of the molecule is CC(C)C[C@H](O)[C@H](O)[C@H](CC1CCCCC1)NC(=O)[C@@H](CC(=O)N(CC(=O)N(C)CCc1ccccn1)Cc1ccccn1)Cc1csc(N)n1. The van der Waals surface area contributed by atoms with E-state index in [0.29, 0.717) is 48.2 Å². The van der Waals surface area contributed by atoms with Gasteiger partial charge in [0.05, 0.1) is 36.0 Å². The van der Waals surface area contributed by atoms with E-state index < -0.39 is 30.1 Å². The number of likely N-dealkylation sites (N-methyl/N-ethyl adjacent to an activating group) is 1. The number of nitrogen functional groups attached to an aromatic ring is 1.